The Morgan fingerprint density at radius 1 is 1.00 bits per heavy atom. The van der Waals surface area contributed by atoms with E-state index < -0.39 is 11.6 Å². The summed E-state index contributed by atoms with van der Waals surface area (Å²) in [6.07, 6.45) is 0. The van der Waals surface area contributed by atoms with Gasteiger partial charge in [0.2, 0.25) is 5.91 Å². The first kappa shape index (κ1) is 22.6. The van der Waals surface area contributed by atoms with Crippen molar-refractivity contribution in [3.8, 4) is 0 Å². The minimum absolute atomic E-state index is 0.214. The molecule has 162 valence electrons. The maximum Gasteiger partial charge on any atom is 0.280 e. The van der Waals surface area contributed by atoms with Crippen LogP contribution in [0.4, 0.5) is 5.69 Å². The molecule has 0 aliphatic carbocycles. The summed E-state index contributed by atoms with van der Waals surface area (Å²) in [4.78, 5) is 28.8. The third kappa shape index (κ3) is 5.35. The molecule has 6 nitrogen and oxygen atoms in total. The third-order valence-electron chi connectivity index (χ3n) is 4.82. The molecule has 2 aromatic carbocycles. The standard InChI is InChI=1S/C24H28N4O2S/c1-15-8-11-18(12-9-15)21(22(29)25-24(4,5)6)28(23(30)19-14-31-27-26-19)20-13-16(2)7-10-17(20)3/h7-14,21H,1-6H3,(H,25,29)/t21-/m0/s1. The lowest BCUT2D eigenvalue weighted by Crippen LogP contribution is -2.49. The van der Waals surface area contributed by atoms with Crippen LogP contribution < -0.4 is 10.2 Å². The van der Waals surface area contributed by atoms with E-state index in [1.165, 1.54) is 0 Å². The van der Waals surface area contributed by atoms with E-state index in [1.807, 2.05) is 84.0 Å². The molecule has 0 unspecified atom stereocenters. The minimum Gasteiger partial charge on any atom is -0.349 e. The molecule has 1 heterocycles. The van der Waals surface area contributed by atoms with Gasteiger partial charge in [-0.15, -0.1) is 5.10 Å². The highest BCUT2D eigenvalue weighted by atomic mass is 32.1. The molecule has 0 radical (unpaired) electrons. The molecule has 1 aromatic heterocycles. The van der Waals surface area contributed by atoms with E-state index in [9.17, 15) is 9.59 Å². The lowest BCUT2D eigenvalue weighted by Gasteiger charge is -2.34. The number of hydrogen-bond acceptors (Lipinski definition) is 5. The van der Waals surface area contributed by atoms with Gasteiger partial charge in [-0.1, -0.05) is 46.4 Å². The Bertz CT molecular complexity index is 1070. The van der Waals surface area contributed by atoms with E-state index in [0.717, 1.165) is 33.8 Å². The van der Waals surface area contributed by atoms with Gasteiger partial charge >= 0.3 is 0 Å². The van der Waals surface area contributed by atoms with Gasteiger partial charge < -0.3 is 5.32 Å². The second-order valence-electron chi connectivity index (χ2n) is 8.81. The molecule has 0 saturated heterocycles. The minimum atomic E-state index is -0.866. The smallest absolute Gasteiger partial charge is 0.280 e. The maximum absolute atomic E-state index is 13.7. The number of benzene rings is 2. The van der Waals surface area contributed by atoms with Crippen LogP contribution in [0, 0.1) is 20.8 Å². The number of anilines is 1. The Balaban J connectivity index is 2.23. The number of carbonyl (C=O) groups is 2. The molecule has 0 saturated carbocycles. The summed E-state index contributed by atoms with van der Waals surface area (Å²) < 4.78 is 3.85. The van der Waals surface area contributed by atoms with Crippen LogP contribution >= 0.6 is 11.5 Å². The van der Waals surface area contributed by atoms with Crippen molar-refractivity contribution in [3.05, 3.63) is 75.8 Å². The highest BCUT2D eigenvalue weighted by molar-refractivity contribution is 7.03. The van der Waals surface area contributed by atoms with Gasteiger partial charge in [0.15, 0.2) is 5.69 Å². The predicted molar refractivity (Wildman–Crippen MR) is 124 cm³/mol. The fourth-order valence-electron chi connectivity index (χ4n) is 3.33. The van der Waals surface area contributed by atoms with Crippen LogP contribution in [0.3, 0.4) is 0 Å². The first-order valence-corrected chi connectivity index (χ1v) is 11.0. The second-order valence-corrected chi connectivity index (χ2v) is 9.42. The summed E-state index contributed by atoms with van der Waals surface area (Å²) in [5.41, 5.74) is 4.12. The van der Waals surface area contributed by atoms with Gasteiger partial charge in [0.25, 0.3) is 5.91 Å². The third-order valence-corrected chi connectivity index (χ3v) is 5.32. The highest BCUT2D eigenvalue weighted by Crippen LogP contribution is 2.33. The molecule has 0 aliphatic heterocycles. The summed E-state index contributed by atoms with van der Waals surface area (Å²) in [5, 5.41) is 8.64. The average molecular weight is 437 g/mol. The fraction of sp³-hybridized carbons (Fsp3) is 0.333. The highest BCUT2D eigenvalue weighted by Gasteiger charge is 2.36. The number of rotatable bonds is 5. The summed E-state index contributed by atoms with van der Waals surface area (Å²) in [6.45, 7) is 11.7. The van der Waals surface area contributed by atoms with Gasteiger partial charge in [-0.2, -0.15) is 0 Å². The number of aromatic nitrogens is 2. The second kappa shape index (κ2) is 8.98. The van der Waals surface area contributed by atoms with Gasteiger partial charge in [0.1, 0.15) is 6.04 Å². The first-order valence-electron chi connectivity index (χ1n) is 10.1. The van der Waals surface area contributed by atoms with E-state index in [2.05, 4.69) is 14.9 Å². The number of carbonyl (C=O) groups excluding carboxylic acids is 2. The van der Waals surface area contributed by atoms with Crippen molar-refractivity contribution in [1.82, 2.24) is 14.9 Å². The largest absolute Gasteiger partial charge is 0.349 e. The molecule has 1 N–H and O–H groups in total. The number of nitrogens with one attached hydrogen (secondary N) is 1. The Kier molecular flexibility index (Phi) is 6.55. The van der Waals surface area contributed by atoms with Crippen molar-refractivity contribution in [2.24, 2.45) is 0 Å². The van der Waals surface area contributed by atoms with Gasteiger partial charge in [-0.05, 0) is 75.8 Å². The van der Waals surface area contributed by atoms with Crippen LogP contribution in [0.15, 0.2) is 47.8 Å². The fourth-order valence-corrected chi connectivity index (χ4v) is 3.76. The van der Waals surface area contributed by atoms with Gasteiger partial charge in [0, 0.05) is 16.6 Å². The molecule has 0 fully saturated rings. The van der Waals surface area contributed by atoms with E-state index >= 15 is 0 Å². The molecule has 31 heavy (non-hydrogen) atoms. The van der Waals surface area contributed by atoms with Crippen LogP contribution in [0.1, 0.15) is 59.6 Å². The van der Waals surface area contributed by atoms with E-state index in [4.69, 9.17) is 0 Å². The van der Waals surface area contributed by atoms with Crippen LogP contribution in [-0.2, 0) is 4.79 Å². The molecule has 0 aliphatic rings. The molecule has 2 amide bonds. The molecule has 7 heteroatoms. The molecular formula is C24H28N4O2S. The summed E-state index contributed by atoms with van der Waals surface area (Å²) in [7, 11) is 0. The number of aryl methyl sites for hydroxylation is 3. The van der Waals surface area contributed by atoms with E-state index in [-0.39, 0.29) is 17.5 Å². The van der Waals surface area contributed by atoms with Crippen LogP contribution in [0.25, 0.3) is 0 Å². The first-order chi connectivity index (χ1) is 14.6. The SMILES string of the molecule is Cc1ccc([C@@H](C(=O)NC(C)(C)C)N(C(=O)c2csnn2)c2cc(C)ccc2C)cc1. The van der Waals surface area contributed by atoms with Gasteiger partial charge in [0.05, 0.1) is 0 Å². The summed E-state index contributed by atoms with van der Waals surface area (Å²) in [6, 6.07) is 12.7. The van der Waals surface area contributed by atoms with Gasteiger partial charge in [-0.25, -0.2) is 0 Å². The average Bonchev–Trinajstić information content (AvgIpc) is 3.22. The zero-order valence-electron chi connectivity index (χ0n) is 18.8. The van der Waals surface area contributed by atoms with Gasteiger partial charge in [-0.3, -0.25) is 14.5 Å². The summed E-state index contributed by atoms with van der Waals surface area (Å²) >= 11 is 1.11. The number of nitrogens with zero attached hydrogens (tertiary/aromatic N) is 3. The maximum atomic E-state index is 13.7. The molecule has 0 spiro atoms. The number of amides is 2. The Hall–Kier alpha value is -3.06. The molecule has 0 bridgehead atoms. The monoisotopic (exact) mass is 436 g/mol. The van der Waals surface area contributed by atoms with Crippen molar-refractivity contribution >= 4 is 29.0 Å². The molecule has 3 rings (SSSR count). The Labute approximate surface area is 187 Å². The molecular weight excluding hydrogens is 408 g/mol. The number of hydrogen-bond donors (Lipinski definition) is 1. The Morgan fingerprint density at radius 3 is 2.23 bits per heavy atom. The predicted octanol–water partition coefficient (Wildman–Crippen LogP) is 4.77. The zero-order valence-corrected chi connectivity index (χ0v) is 19.6. The summed E-state index contributed by atoms with van der Waals surface area (Å²) in [5.74, 6) is -0.620. The van der Waals surface area contributed by atoms with Crippen molar-refractivity contribution in [2.45, 2.75) is 53.1 Å². The Morgan fingerprint density at radius 2 is 1.65 bits per heavy atom. The van der Waals surface area contributed by atoms with Crippen molar-refractivity contribution in [1.29, 1.82) is 0 Å². The molecule has 3 aromatic rings. The quantitative estimate of drug-likeness (QED) is 0.625. The normalized spacial score (nSPS) is 12.3. The van der Waals surface area contributed by atoms with E-state index in [0.29, 0.717) is 5.69 Å². The topological polar surface area (TPSA) is 75.2 Å². The van der Waals surface area contributed by atoms with Crippen molar-refractivity contribution in [3.63, 3.8) is 0 Å². The zero-order chi connectivity index (χ0) is 22.8. The van der Waals surface area contributed by atoms with Crippen LogP contribution in [0.2, 0.25) is 0 Å². The molecule has 1 atom stereocenters. The van der Waals surface area contributed by atoms with E-state index in [1.54, 1.807) is 10.3 Å². The lowest BCUT2D eigenvalue weighted by atomic mass is 9.98. The van der Waals surface area contributed by atoms with Crippen molar-refractivity contribution < 1.29 is 9.59 Å². The lowest BCUT2D eigenvalue weighted by molar-refractivity contribution is -0.123. The van der Waals surface area contributed by atoms with Crippen LogP contribution in [0.5, 0.6) is 0 Å². The van der Waals surface area contributed by atoms with Crippen LogP contribution in [-0.4, -0.2) is 26.9 Å². The van der Waals surface area contributed by atoms with Crippen molar-refractivity contribution in [2.75, 3.05) is 4.90 Å².